The van der Waals surface area contributed by atoms with E-state index in [2.05, 4.69) is 49.7 Å². The number of ether oxygens (including phenoxy) is 1. The Labute approximate surface area is 105 Å². The lowest BCUT2D eigenvalue weighted by Crippen LogP contribution is -2.38. The Balaban J connectivity index is 2.61. The van der Waals surface area contributed by atoms with Crippen LogP contribution in [0.25, 0.3) is 0 Å². The van der Waals surface area contributed by atoms with Crippen molar-refractivity contribution in [1.82, 2.24) is 0 Å². The van der Waals surface area contributed by atoms with Gasteiger partial charge in [0.15, 0.2) is 0 Å². The van der Waals surface area contributed by atoms with Gasteiger partial charge in [-0.15, -0.1) is 0 Å². The highest BCUT2D eigenvalue weighted by Crippen LogP contribution is 2.43. The summed E-state index contributed by atoms with van der Waals surface area (Å²) >= 11 is 3.60. The number of aryl methyl sites for hydroxylation is 1. The zero-order chi connectivity index (χ0) is 12.1. The molecular formula is C13H18BrNO. The van der Waals surface area contributed by atoms with Crippen molar-refractivity contribution in [3.05, 3.63) is 27.2 Å². The van der Waals surface area contributed by atoms with Crippen molar-refractivity contribution < 1.29 is 4.74 Å². The van der Waals surface area contributed by atoms with Crippen molar-refractivity contribution in [1.29, 1.82) is 0 Å². The molecule has 88 valence electrons. The van der Waals surface area contributed by atoms with Crippen molar-refractivity contribution in [2.45, 2.75) is 45.8 Å². The van der Waals surface area contributed by atoms with Crippen molar-refractivity contribution in [2.24, 2.45) is 5.73 Å². The molecule has 1 heterocycles. The fraction of sp³-hybridized carbons (Fsp3) is 0.538. The molecule has 1 aromatic rings. The predicted octanol–water partition coefficient (Wildman–Crippen LogP) is 3.63. The summed E-state index contributed by atoms with van der Waals surface area (Å²) < 4.78 is 7.15. The molecule has 1 aliphatic heterocycles. The van der Waals surface area contributed by atoms with Crippen molar-refractivity contribution in [3.8, 4) is 5.75 Å². The first-order chi connectivity index (χ1) is 7.32. The van der Waals surface area contributed by atoms with Crippen LogP contribution in [-0.2, 0) is 0 Å². The second-order valence-corrected chi connectivity index (χ2v) is 6.01. The van der Waals surface area contributed by atoms with Gasteiger partial charge in [0.05, 0.1) is 0 Å². The number of rotatable bonds is 0. The molecule has 2 rings (SSSR count). The van der Waals surface area contributed by atoms with Gasteiger partial charge in [-0.1, -0.05) is 15.9 Å². The molecule has 1 aliphatic rings. The van der Waals surface area contributed by atoms with E-state index in [0.717, 1.165) is 22.2 Å². The van der Waals surface area contributed by atoms with Crippen molar-refractivity contribution in [3.63, 3.8) is 0 Å². The van der Waals surface area contributed by atoms with Crippen LogP contribution in [0, 0.1) is 13.8 Å². The SMILES string of the molecule is Cc1cc2c(c(C)c1Br)C(N)CC(C)(C)O2. The number of nitrogens with two attached hydrogens (primary N) is 1. The van der Waals surface area contributed by atoms with Gasteiger partial charge in [-0.25, -0.2) is 0 Å². The normalized spacial score (nSPS) is 22.5. The van der Waals surface area contributed by atoms with E-state index in [9.17, 15) is 0 Å². The van der Waals surface area contributed by atoms with Crippen molar-refractivity contribution >= 4 is 15.9 Å². The summed E-state index contributed by atoms with van der Waals surface area (Å²) in [6.45, 7) is 8.34. The number of hydrogen-bond acceptors (Lipinski definition) is 2. The number of fused-ring (bicyclic) bond motifs is 1. The Bertz CT molecular complexity index is 440. The van der Waals surface area contributed by atoms with Crippen LogP contribution in [0.2, 0.25) is 0 Å². The van der Waals surface area contributed by atoms with Gasteiger partial charge in [0.1, 0.15) is 11.4 Å². The molecule has 0 bridgehead atoms. The van der Waals surface area contributed by atoms with E-state index in [4.69, 9.17) is 10.5 Å². The van der Waals surface area contributed by atoms with Gasteiger partial charge >= 0.3 is 0 Å². The quantitative estimate of drug-likeness (QED) is 0.789. The Morgan fingerprint density at radius 2 is 2.06 bits per heavy atom. The van der Waals surface area contributed by atoms with Gasteiger partial charge in [-0.3, -0.25) is 0 Å². The summed E-state index contributed by atoms with van der Waals surface area (Å²) in [6, 6.07) is 2.14. The second kappa shape index (κ2) is 3.74. The molecule has 0 fully saturated rings. The fourth-order valence-electron chi connectivity index (χ4n) is 2.45. The highest BCUT2D eigenvalue weighted by atomic mass is 79.9. The Hall–Kier alpha value is -0.540. The van der Waals surface area contributed by atoms with Gasteiger partial charge < -0.3 is 10.5 Å². The highest BCUT2D eigenvalue weighted by molar-refractivity contribution is 9.10. The number of hydrogen-bond donors (Lipinski definition) is 1. The van der Waals surface area contributed by atoms with Crippen LogP contribution in [0.15, 0.2) is 10.5 Å². The molecule has 16 heavy (non-hydrogen) atoms. The van der Waals surface area contributed by atoms with Crippen LogP contribution in [-0.4, -0.2) is 5.60 Å². The van der Waals surface area contributed by atoms with E-state index in [1.165, 1.54) is 11.1 Å². The van der Waals surface area contributed by atoms with E-state index in [1.807, 2.05) is 0 Å². The number of halogens is 1. The summed E-state index contributed by atoms with van der Waals surface area (Å²) in [5, 5.41) is 0. The molecule has 3 heteroatoms. The summed E-state index contributed by atoms with van der Waals surface area (Å²) in [5.74, 6) is 0.946. The van der Waals surface area contributed by atoms with Gasteiger partial charge in [-0.05, 0) is 44.9 Å². The van der Waals surface area contributed by atoms with Crippen LogP contribution < -0.4 is 10.5 Å². The molecule has 0 saturated carbocycles. The van der Waals surface area contributed by atoms with Crippen LogP contribution in [0.1, 0.15) is 43.0 Å². The fourth-order valence-corrected chi connectivity index (χ4v) is 2.78. The maximum atomic E-state index is 6.24. The molecule has 1 atom stereocenters. The maximum absolute atomic E-state index is 6.24. The smallest absolute Gasteiger partial charge is 0.125 e. The molecule has 0 aliphatic carbocycles. The molecule has 1 unspecified atom stereocenters. The summed E-state index contributed by atoms with van der Waals surface area (Å²) in [7, 11) is 0. The Morgan fingerprint density at radius 3 is 2.69 bits per heavy atom. The molecular weight excluding hydrogens is 266 g/mol. The van der Waals surface area contributed by atoms with E-state index in [-0.39, 0.29) is 11.6 Å². The lowest BCUT2D eigenvalue weighted by Gasteiger charge is -2.37. The molecule has 0 spiro atoms. The summed E-state index contributed by atoms with van der Waals surface area (Å²) in [4.78, 5) is 0. The average Bonchev–Trinajstić information content (AvgIpc) is 2.11. The minimum Gasteiger partial charge on any atom is -0.487 e. The Morgan fingerprint density at radius 1 is 1.44 bits per heavy atom. The van der Waals surface area contributed by atoms with Crippen LogP contribution >= 0.6 is 15.9 Å². The lowest BCUT2D eigenvalue weighted by molar-refractivity contribution is 0.0725. The van der Waals surface area contributed by atoms with E-state index in [0.29, 0.717) is 0 Å². The summed E-state index contributed by atoms with van der Waals surface area (Å²) in [5.41, 5.74) is 9.63. The zero-order valence-electron chi connectivity index (χ0n) is 10.2. The highest BCUT2D eigenvalue weighted by Gasteiger charge is 2.33. The molecule has 2 nitrogen and oxygen atoms in total. The van der Waals surface area contributed by atoms with E-state index < -0.39 is 0 Å². The van der Waals surface area contributed by atoms with Crippen LogP contribution in [0.4, 0.5) is 0 Å². The van der Waals surface area contributed by atoms with E-state index >= 15 is 0 Å². The molecule has 1 aromatic carbocycles. The van der Waals surface area contributed by atoms with Gasteiger partial charge in [-0.2, -0.15) is 0 Å². The zero-order valence-corrected chi connectivity index (χ0v) is 11.8. The van der Waals surface area contributed by atoms with Gasteiger partial charge in [0.25, 0.3) is 0 Å². The molecule has 0 radical (unpaired) electrons. The maximum Gasteiger partial charge on any atom is 0.125 e. The average molecular weight is 284 g/mol. The lowest BCUT2D eigenvalue weighted by atomic mass is 9.87. The van der Waals surface area contributed by atoms with Crippen LogP contribution in [0.3, 0.4) is 0 Å². The third-order valence-corrected chi connectivity index (χ3v) is 4.38. The van der Waals surface area contributed by atoms with Gasteiger partial charge in [0.2, 0.25) is 0 Å². The molecule has 0 saturated heterocycles. The summed E-state index contributed by atoms with van der Waals surface area (Å²) in [6.07, 6.45) is 0.857. The van der Waals surface area contributed by atoms with Crippen molar-refractivity contribution in [2.75, 3.05) is 0 Å². The molecule has 0 amide bonds. The minimum atomic E-state index is -0.168. The van der Waals surface area contributed by atoms with E-state index in [1.54, 1.807) is 0 Å². The topological polar surface area (TPSA) is 35.2 Å². The predicted molar refractivity (Wildman–Crippen MR) is 69.9 cm³/mol. The van der Waals surface area contributed by atoms with Gasteiger partial charge in [0, 0.05) is 22.5 Å². The molecule has 2 N–H and O–H groups in total. The van der Waals surface area contributed by atoms with Crippen LogP contribution in [0.5, 0.6) is 5.75 Å². The third kappa shape index (κ3) is 1.87. The largest absolute Gasteiger partial charge is 0.487 e. The second-order valence-electron chi connectivity index (χ2n) is 5.22. The number of benzene rings is 1. The Kier molecular flexibility index (Phi) is 2.79. The standard InChI is InChI=1S/C13H18BrNO/c1-7-5-10-11(8(2)12(7)14)9(15)6-13(3,4)16-10/h5,9H,6,15H2,1-4H3. The third-order valence-electron chi connectivity index (χ3n) is 3.16. The molecule has 0 aromatic heterocycles. The monoisotopic (exact) mass is 283 g/mol. The first kappa shape index (κ1) is 11.9. The first-order valence-electron chi connectivity index (χ1n) is 5.56. The minimum absolute atomic E-state index is 0.0654. The first-order valence-corrected chi connectivity index (χ1v) is 6.35.